The Hall–Kier alpha value is 0.0800. The van der Waals surface area contributed by atoms with Crippen LogP contribution in [-0.4, -0.2) is 109 Å². The fourth-order valence-corrected chi connectivity index (χ4v) is 3.13. The fraction of sp³-hybridized carbons (Fsp3) is 1.00. The number of aliphatic hydroxyl groups excluding tert-OH is 7. The summed E-state index contributed by atoms with van der Waals surface area (Å²) in [5, 5.41) is 66.7. The molecule has 0 spiro atoms. The monoisotopic (exact) mass is 404 g/mol. The van der Waals surface area contributed by atoms with Crippen molar-refractivity contribution in [2.24, 2.45) is 0 Å². The van der Waals surface area contributed by atoms with Crippen LogP contribution in [0.25, 0.3) is 0 Å². The van der Waals surface area contributed by atoms with Gasteiger partial charge in [-0.15, -0.1) is 0 Å². The van der Waals surface area contributed by atoms with Crippen molar-refractivity contribution in [3.05, 3.63) is 0 Å². The van der Waals surface area contributed by atoms with Crippen LogP contribution >= 0.6 is 15.9 Å². The van der Waals surface area contributed by atoms with Crippen LogP contribution in [-0.2, 0) is 14.2 Å². The Balaban J connectivity index is 2.11. The number of hydrogen-bond acceptors (Lipinski definition) is 10. The minimum atomic E-state index is -1.67. The lowest BCUT2D eigenvalue weighted by molar-refractivity contribution is -0.337. The Bertz CT molecular complexity index is 383. The lowest BCUT2D eigenvalue weighted by atomic mass is 9.97. The van der Waals surface area contributed by atoms with Crippen LogP contribution in [0.2, 0.25) is 0 Å². The first kappa shape index (κ1) is 19.4. The summed E-state index contributed by atoms with van der Waals surface area (Å²) in [4.78, 5) is 0. The highest BCUT2D eigenvalue weighted by Gasteiger charge is 2.49. The van der Waals surface area contributed by atoms with Crippen LogP contribution in [0.4, 0.5) is 0 Å². The van der Waals surface area contributed by atoms with Gasteiger partial charge in [-0.1, -0.05) is 15.9 Å². The van der Waals surface area contributed by atoms with E-state index in [-0.39, 0.29) is 0 Å². The molecule has 0 amide bonds. The molecule has 0 saturated carbocycles. The molecule has 0 aliphatic carbocycles. The molecule has 0 bridgehead atoms. The molecule has 2 heterocycles. The summed E-state index contributed by atoms with van der Waals surface area (Å²) in [6.45, 7) is -1.18. The third-order valence-electron chi connectivity index (χ3n) is 3.95. The Morgan fingerprint density at radius 1 is 0.739 bits per heavy atom. The molecule has 0 unspecified atom stereocenters. The molecule has 0 aromatic heterocycles. The van der Waals surface area contributed by atoms with Crippen molar-refractivity contribution in [3.63, 3.8) is 0 Å². The van der Waals surface area contributed by atoms with Crippen molar-refractivity contribution in [3.8, 4) is 0 Å². The summed E-state index contributed by atoms with van der Waals surface area (Å²) in [5.74, 6) is 0. The summed E-state index contributed by atoms with van der Waals surface area (Å²) >= 11 is 2.99. The molecule has 2 rings (SSSR count). The molecule has 0 radical (unpaired) electrons. The van der Waals surface area contributed by atoms with Gasteiger partial charge in [-0.05, 0) is 0 Å². The maximum atomic E-state index is 10.1. The van der Waals surface area contributed by atoms with E-state index >= 15 is 0 Å². The van der Waals surface area contributed by atoms with Crippen molar-refractivity contribution in [2.75, 3.05) is 13.2 Å². The van der Waals surface area contributed by atoms with E-state index in [1.165, 1.54) is 0 Å². The first-order chi connectivity index (χ1) is 10.8. The number of rotatable bonds is 4. The minimum Gasteiger partial charge on any atom is -0.394 e. The van der Waals surface area contributed by atoms with Gasteiger partial charge >= 0.3 is 0 Å². The van der Waals surface area contributed by atoms with Crippen molar-refractivity contribution in [1.82, 2.24) is 0 Å². The molecule has 2 aliphatic rings. The Morgan fingerprint density at radius 3 is 1.91 bits per heavy atom. The van der Waals surface area contributed by atoms with Gasteiger partial charge in [-0.25, -0.2) is 0 Å². The van der Waals surface area contributed by atoms with E-state index < -0.39 is 73.3 Å². The zero-order valence-corrected chi connectivity index (χ0v) is 13.5. The summed E-state index contributed by atoms with van der Waals surface area (Å²) < 4.78 is 15.8. The Morgan fingerprint density at radius 2 is 1.35 bits per heavy atom. The Labute approximate surface area is 140 Å². The maximum Gasteiger partial charge on any atom is 0.187 e. The zero-order valence-electron chi connectivity index (χ0n) is 11.9. The van der Waals surface area contributed by atoms with E-state index in [2.05, 4.69) is 15.9 Å². The third-order valence-corrected chi connectivity index (χ3v) is 4.70. The average Bonchev–Trinajstić information content (AvgIpc) is 2.55. The first-order valence-electron chi connectivity index (χ1n) is 7.04. The van der Waals surface area contributed by atoms with E-state index in [4.69, 9.17) is 19.3 Å². The van der Waals surface area contributed by atoms with Crippen LogP contribution in [0.15, 0.2) is 0 Å². The lowest BCUT2D eigenvalue weighted by Gasteiger charge is -2.45. The normalized spacial score (nSPS) is 51.7. The molecular weight excluding hydrogens is 384 g/mol. The van der Waals surface area contributed by atoms with Crippen molar-refractivity contribution in [2.45, 2.75) is 60.1 Å². The maximum absolute atomic E-state index is 10.1. The van der Waals surface area contributed by atoms with E-state index in [1.807, 2.05) is 0 Å². The highest BCUT2D eigenvalue weighted by atomic mass is 79.9. The van der Waals surface area contributed by atoms with Gasteiger partial charge in [0, 0.05) is 0 Å². The van der Waals surface area contributed by atoms with Crippen molar-refractivity contribution >= 4 is 15.9 Å². The predicted molar refractivity (Wildman–Crippen MR) is 75.3 cm³/mol. The van der Waals surface area contributed by atoms with Crippen molar-refractivity contribution in [1.29, 1.82) is 0 Å². The third kappa shape index (κ3) is 3.85. The standard InChI is InChI=1S/C12H21BrO10/c13-11-8(19)7(18)10(4(2-15)21-11)23-12-9(20)6(17)5(16)3(1-14)22-12/h3-12,14-20H,1-2H2/t3-,4-,5-,6+,7-,8-,9-,10-,11+,12+/m1/s1. The Kier molecular flexibility index (Phi) is 6.73. The van der Waals surface area contributed by atoms with Gasteiger partial charge in [0.15, 0.2) is 6.29 Å². The minimum absolute atomic E-state index is 0.548. The van der Waals surface area contributed by atoms with Gasteiger partial charge < -0.3 is 50.0 Å². The second-order valence-corrected chi connectivity index (χ2v) is 6.39. The lowest BCUT2D eigenvalue weighted by Crippen LogP contribution is -2.63. The topological polar surface area (TPSA) is 169 Å². The molecule has 11 heteroatoms. The van der Waals surface area contributed by atoms with Gasteiger partial charge in [-0.2, -0.15) is 0 Å². The van der Waals surface area contributed by atoms with Gasteiger partial charge in [0.05, 0.1) is 13.2 Å². The van der Waals surface area contributed by atoms with Gasteiger partial charge in [0.2, 0.25) is 0 Å². The smallest absolute Gasteiger partial charge is 0.187 e. The molecule has 0 aromatic rings. The van der Waals surface area contributed by atoms with E-state index in [0.717, 1.165) is 0 Å². The number of halogens is 1. The molecule has 0 aromatic carbocycles. The van der Waals surface area contributed by atoms with Crippen LogP contribution < -0.4 is 0 Å². The summed E-state index contributed by atoms with van der Waals surface area (Å²) in [6.07, 6.45) is -12.7. The van der Waals surface area contributed by atoms with Gasteiger partial charge in [-0.3, -0.25) is 0 Å². The molecule has 136 valence electrons. The molecule has 10 atom stereocenters. The van der Waals surface area contributed by atoms with E-state index in [0.29, 0.717) is 0 Å². The molecule has 10 nitrogen and oxygen atoms in total. The second-order valence-electron chi connectivity index (χ2n) is 5.49. The highest BCUT2D eigenvalue weighted by Crippen LogP contribution is 2.30. The van der Waals surface area contributed by atoms with Crippen LogP contribution in [0.5, 0.6) is 0 Å². The first-order valence-corrected chi connectivity index (χ1v) is 7.95. The number of hydrogen-bond donors (Lipinski definition) is 7. The van der Waals surface area contributed by atoms with Gasteiger partial charge in [0.25, 0.3) is 0 Å². The SMILES string of the molecule is OC[C@H]1O[C@@H](O[C@H]2[C@H](O)[C@@H](O)[C@@H](Br)O[C@@H]2CO)[C@H](O)[C@@H](O)[C@@H]1O. The number of ether oxygens (including phenoxy) is 3. The van der Waals surface area contributed by atoms with Gasteiger partial charge in [0.1, 0.15) is 53.8 Å². The van der Waals surface area contributed by atoms with E-state index in [1.54, 1.807) is 0 Å². The van der Waals surface area contributed by atoms with Crippen molar-refractivity contribution < 1.29 is 50.0 Å². The van der Waals surface area contributed by atoms with Crippen LogP contribution in [0.3, 0.4) is 0 Å². The summed E-state index contributed by atoms with van der Waals surface area (Å²) in [7, 11) is 0. The molecule has 2 fully saturated rings. The van der Waals surface area contributed by atoms with Crippen LogP contribution in [0, 0.1) is 0 Å². The largest absolute Gasteiger partial charge is 0.394 e. The number of aliphatic hydroxyl groups is 7. The fourth-order valence-electron chi connectivity index (χ4n) is 2.54. The van der Waals surface area contributed by atoms with E-state index in [9.17, 15) is 30.6 Å². The predicted octanol–water partition coefficient (Wildman–Crippen LogP) is -3.99. The molecule has 23 heavy (non-hydrogen) atoms. The molecular formula is C12H21BrO10. The number of alkyl halides is 1. The second kappa shape index (κ2) is 7.97. The molecule has 2 aliphatic heterocycles. The average molecular weight is 405 g/mol. The zero-order chi connectivity index (χ0) is 17.3. The quantitative estimate of drug-likeness (QED) is 0.229. The summed E-state index contributed by atoms with van der Waals surface area (Å²) in [5.41, 5.74) is 0. The molecule has 2 saturated heterocycles. The molecule has 7 N–H and O–H groups in total. The highest BCUT2D eigenvalue weighted by molar-refractivity contribution is 9.09. The van der Waals surface area contributed by atoms with Crippen LogP contribution in [0.1, 0.15) is 0 Å². The summed E-state index contributed by atoms with van der Waals surface area (Å²) in [6, 6.07) is 0.